The molecule has 6 nitrogen and oxygen atoms in total. The molecule has 0 N–H and O–H groups in total. The lowest BCUT2D eigenvalue weighted by molar-refractivity contribution is 0.130. The third-order valence-corrected chi connectivity index (χ3v) is 4.20. The Bertz CT molecular complexity index is 977. The van der Waals surface area contributed by atoms with Crippen molar-refractivity contribution in [2.75, 3.05) is 0 Å². The van der Waals surface area contributed by atoms with Crippen molar-refractivity contribution in [1.82, 2.24) is 14.3 Å². The zero-order valence-corrected chi connectivity index (χ0v) is 15.3. The summed E-state index contributed by atoms with van der Waals surface area (Å²) in [7, 11) is 1.57. The molecular formula is C19H19ClN4O2. The highest BCUT2D eigenvalue weighted by Gasteiger charge is 2.10. The number of rotatable bonds is 6. The van der Waals surface area contributed by atoms with Crippen LogP contribution in [0.3, 0.4) is 0 Å². The van der Waals surface area contributed by atoms with E-state index in [2.05, 4.69) is 10.3 Å². The van der Waals surface area contributed by atoms with Crippen molar-refractivity contribution in [1.29, 1.82) is 0 Å². The second-order valence-electron chi connectivity index (χ2n) is 5.90. The minimum absolute atomic E-state index is 0.166. The first-order valence-electron chi connectivity index (χ1n) is 8.13. The molecule has 0 saturated heterocycles. The van der Waals surface area contributed by atoms with Crippen LogP contribution in [0.25, 0.3) is 0 Å². The highest BCUT2D eigenvalue weighted by molar-refractivity contribution is 6.28. The monoisotopic (exact) mass is 370 g/mol. The standard InChI is InChI=1S/C19H19ClN4O2/c1-14(22-26-13-15-7-4-3-5-8-15)17-10-6-9-16(11-17)12-24-18(20)21-23(2)19(24)25/h3-11H,12-13H2,1-2H3/b22-14+. The fourth-order valence-electron chi connectivity index (χ4n) is 2.51. The minimum Gasteiger partial charge on any atom is -0.391 e. The summed E-state index contributed by atoms with van der Waals surface area (Å²) in [5.41, 5.74) is 3.41. The summed E-state index contributed by atoms with van der Waals surface area (Å²) in [6.45, 7) is 2.64. The van der Waals surface area contributed by atoms with Crippen LogP contribution in [-0.4, -0.2) is 20.1 Å². The average molecular weight is 371 g/mol. The van der Waals surface area contributed by atoms with E-state index in [-0.39, 0.29) is 11.0 Å². The molecule has 0 atom stereocenters. The normalized spacial score (nSPS) is 11.6. The highest BCUT2D eigenvalue weighted by Crippen LogP contribution is 2.11. The van der Waals surface area contributed by atoms with Crippen molar-refractivity contribution < 1.29 is 4.84 Å². The van der Waals surface area contributed by atoms with E-state index in [0.717, 1.165) is 22.4 Å². The predicted octanol–water partition coefficient (Wildman–Crippen LogP) is 3.22. The first kappa shape index (κ1) is 17.9. The second kappa shape index (κ2) is 8.01. The van der Waals surface area contributed by atoms with Gasteiger partial charge < -0.3 is 4.84 Å². The van der Waals surface area contributed by atoms with Crippen molar-refractivity contribution in [2.45, 2.75) is 20.1 Å². The summed E-state index contributed by atoms with van der Waals surface area (Å²) in [5, 5.41) is 8.27. The lowest BCUT2D eigenvalue weighted by Crippen LogP contribution is -2.23. The summed E-state index contributed by atoms with van der Waals surface area (Å²) >= 11 is 6.02. The summed E-state index contributed by atoms with van der Waals surface area (Å²) in [6, 6.07) is 17.6. The van der Waals surface area contributed by atoms with E-state index in [1.54, 1.807) is 7.05 Å². The SMILES string of the molecule is C/C(=N\OCc1ccccc1)c1cccc(Cn2c(Cl)nn(C)c2=O)c1. The largest absolute Gasteiger partial charge is 0.391 e. The van der Waals surface area contributed by atoms with Gasteiger partial charge >= 0.3 is 5.69 Å². The van der Waals surface area contributed by atoms with Gasteiger partial charge in [-0.3, -0.25) is 4.57 Å². The maximum absolute atomic E-state index is 12.0. The van der Waals surface area contributed by atoms with Crippen molar-refractivity contribution in [3.05, 3.63) is 87.1 Å². The molecule has 0 fully saturated rings. The third kappa shape index (κ3) is 4.21. The molecule has 3 rings (SSSR count). The molecule has 0 amide bonds. The van der Waals surface area contributed by atoms with E-state index in [1.165, 1.54) is 9.25 Å². The van der Waals surface area contributed by atoms with Gasteiger partial charge in [0.1, 0.15) is 6.61 Å². The van der Waals surface area contributed by atoms with Crippen molar-refractivity contribution in [3.8, 4) is 0 Å². The number of oxime groups is 1. The number of halogens is 1. The molecule has 0 unspecified atom stereocenters. The van der Waals surface area contributed by atoms with E-state index in [1.807, 2.05) is 61.5 Å². The van der Waals surface area contributed by atoms with Gasteiger partial charge in [0.15, 0.2) is 0 Å². The lowest BCUT2D eigenvalue weighted by atomic mass is 10.1. The Morgan fingerprint density at radius 3 is 2.58 bits per heavy atom. The topological polar surface area (TPSA) is 61.4 Å². The molecule has 1 heterocycles. The van der Waals surface area contributed by atoms with Gasteiger partial charge in [0.2, 0.25) is 5.28 Å². The molecule has 0 aliphatic carbocycles. The highest BCUT2D eigenvalue weighted by atomic mass is 35.5. The first-order valence-corrected chi connectivity index (χ1v) is 8.51. The Kier molecular flexibility index (Phi) is 5.53. The van der Waals surface area contributed by atoms with Crippen LogP contribution >= 0.6 is 11.6 Å². The molecule has 0 spiro atoms. The Labute approximate surface area is 156 Å². The van der Waals surface area contributed by atoms with Crippen LogP contribution in [0.1, 0.15) is 23.6 Å². The lowest BCUT2D eigenvalue weighted by Gasteiger charge is -2.06. The van der Waals surface area contributed by atoms with Crippen LogP contribution in [-0.2, 0) is 25.0 Å². The average Bonchev–Trinajstić information content (AvgIpc) is 2.89. The number of hydrogen-bond acceptors (Lipinski definition) is 4. The van der Waals surface area contributed by atoms with Gasteiger partial charge in [-0.2, -0.15) is 0 Å². The number of nitrogens with zero attached hydrogens (tertiary/aromatic N) is 4. The Balaban J connectivity index is 1.72. The molecular weight excluding hydrogens is 352 g/mol. The van der Waals surface area contributed by atoms with Crippen LogP contribution < -0.4 is 5.69 Å². The van der Waals surface area contributed by atoms with E-state index < -0.39 is 0 Å². The van der Waals surface area contributed by atoms with E-state index in [0.29, 0.717) is 13.2 Å². The van der Waals surface area contributed by atoms with E-state index in [9.17, 15) is 4.79 Å². The predicted molar refractivity (Wildman–Crippen MR) is 101 cm³/mol. The zero-order valence-electron chi connectivity index (χ0n) is 14.6. The van der Waals surface area contributed by atoms with E-state index in [4.69, 9.17) is 16.4 Å². The van der Waals surface area contributed by atoms with Crippen LogP contribution in [0, 0.1) is 0 Å². The van der Waals surface area contributed by atoms with Gasteiger partial charge in [-0.25, -0.2) is 9.48 Å². The van der Waals surface area contributed by atoms with Gasteiger partial charge in [0.05, 0.1) is 12.3 Å². The van der Waals surface area contributed by atoms with Crippen molar-refractivity contribution >= 4 is 17.3 Å². The molecule has 7 heteroatoms. The molecule has 134 valence electrons. The van der Waals surface area contributed by atoms with Crippen LogP contribution in [0.2, 0.25) is 5.28 Å². The van der Waals surface area contributed by atoms with E-state index >= 15 is 0 Å². The van der Waals surface area contributed by atoms with Crippen molar-refractivity contribution in [3.63, 3.8) is 0 Å². The summed E-state index contributed by atoms with van der Waals surface area (Å²) < 4.78 is 2.63. The number of hydrogen-bond donors (Lipinski definition) is 0. The molecule has 1 aromatic heterocycles. The number of aryl methyl sites for hydroxylation is 1. The summed E-state index contributed by atoms with van der Waals surface area (Å²) in [4.78, 5) is 17.5. The van der Waals surface area contributed by atoms with Crippen molar-refractivity contribution in [2.24, 2.45) is 12.2 Å². The Morgan fingerprint density at radius 2 is 1.88 bits per heavy atom. The van der Waals surface area contributed by atoms with Gasteiger partial charge in [0, 0.05) is 7.05 Å². The fraction of sp³-hybridized carbons (Fsp3) is 0.211. The molecule has 0 saturated carbocycles. The first-order chi connectivity index (χ1) is 12.5. The molecule has 0 aliphatic rings. The summed E-state index contributed by atoms with van der Waals surface area (Å²) in [5.74, 6) is 0. The Morgan fingerprint density at radius 1 is 1.15 bits per heavy atom. The van der Waals surface area contributed by atoms with Crippen LogP contribution in [0.15, 0.2) is 64.5 Å². The van der Waals surface area contributed by atoms with Gasteiger partial charge in [-0.05, 0) is 41.3 Å². The second-order valence-corrected chi connectivity index (χ2v) is 6.24. The molecule has 0 bridgehead atoms. The fourth-order valence-corrected chi connectivity index (χ4v) is 2.76. The van der Waals surface area contributed by atoms with Gasteiger partial charge in [0.25, 0.3) is 0 Å². The maximum atomic E-state index is 12.0. The molecule has 26 heavy (non-hydrogen) atoms. The van der Waals surface area contributed by atoms with Crippen LogP contribution in [0.4, 0.5) is 0 Å². The number of aromatic nitrogens is 3. The molecule has 0 radical (unpaired) electrons. The maximum Gasteiger partial charge on any atom is 0.346 e. The van der Waals surface area contributed by atoms with Gasteiger partial charge in [-0.1, -0.05) is 53.7 Å². The molecule has 0 aliphatic heterocycles. The van der Waals surface area contributed by atoms with Crippen LogP contribution in [0.5, 0.6) is 0 Å². The molecule has 3 aromatic rings. The quantitative estimate of drug-likeness (QED) is 0.494. The Hall–Kier alpha value is -2.86. The smallest absolute Gasteiger partial charge is 0.346 e. The minimum atomic E-state index is -0.253. The zero-order chi connectivity index (χ0) is 18.5. The van der Waals surface area contributed by atoms with Gasteiger partial charge in [-0.15, -0.1) is 5.10 Å². The summed E-state index contributed by atoms with van der Waals surface area (Å²) in [6.07, 6.45) is 0. The molecule has 2 aromatic carbocycles. The third-order valence-electron chi connectivity index (χ3n) is 3.92. The number of benzene rings is 2.